The van der Waals surface area contributed by atoms with Crippen molar-refractivity contribution < 1.29 is 17.6 Å². The molecule has 0 radical (unpaired) electrons. The van der Waals surface area contributed by atoms with Gasteiger partial charge in [0.1, 0.15) is 5.82 Å². The molecular weight excluding hydrogens is 336 g/mol. The molecule has 24 heavy (non-hydrogen) atoms. The van der Waals surface area contributed by atoms with Gasteiger partial charge in [0.2, 0.25) is 0 Å². The Labute approximate surface area is 144 Å². The fourth-order valence-electron chi connectivity index (χ4n) is 1.71. The highest BCUT2D eigenvalue weighted by Gasteiger charge is 1.92. The van der Waals surface area contributed by atoms with E-state index in [1.807, 2.05) is 12.1 Å². The summed E-state index contributed by atoms with van der Waals surface area (Å²) in [5.41, 5.74) is 2.55. The van der Waals surface area contributed by atoms with Gasteiger partial charge in [0.15, 0.2) is 0 Å². The standard InChI is InChI=1S/C12H10.C6H5FS.CHF3/c1-3-7-11(8-4-1)12-9-5-2-6-10-12;7-5-3-1-2-4-6(5)8;2-1(3)4/h1-10H;1-4,8H;1H. The minimum Gasteiger partial charge on any atom is -0.206 e. The lowest BCUT2D eigenvalue weighted by atomic mass is 10.1. The molecule has 0 saturated heterocycles. The SMILES string of the molecule is FC(F)F.Fc1ccccc1S.c1ccc(-c2ccccc2)cc1. The van der Waals surface area contributed by atoms with E-state index < -0.39 is 6.68 Å². The van der Waals surface area contributed by atoms with E-state index in [2.05, 4.69) is 61.2 Å². The minimum atomic E-state index is -3.67. The highest BCUT2D eigenvalue weighted by molar-refractivity contribution is 7.80. The van der Waals surface area contributed by atoms with Crippen molar-refractivity contribution in [1.82, 2.24) is 0 Å². The van der Waals surface area contributed by atoms with Gasteiger partial charge in [-0.05, 0) is 23.3 Å². The summed E-state index contributed by atoms with van der Waals surface area (Å²) in [6, 6.07) is 27.1. The number of benzene rings is 3. The van der Waals surface area contributed by atoms with E-state index in [9.17, 15) is 17.6 Å². The van der Waals surface area contributed by atoms with Gasteiger partial charge in [-0.3, -0.25) is 0 Å². The average molecular weight is 352 g/mol. The van der Waals surface area contributed by atoms with Crippen molar-refractivity contribution in [2.45, 2.75) is 11.6 Å². The molecule has 0 fully saturated rings. The molecule has 0 heterocycles. The first-order valence-electron chi connectivity index (χ1n) is 6.97. The summed E-state index contributed by atoms with van der Waals surface area (Å²) in [5.74, 6) is -0.268. The maximum Gasteiger partial charge on any atom is 0.379 e. The van der Waals surface area contributed by atoms with E-state index in [0.29, 0.717) is 4.90 Å². The largest absolute Gasteiger partial charge is 0.379 e. The molecule has 0 N–H and O–H groups in total. The van der Waals surface area contributed by atoms with E-state index in [4.69, 9.17) is 0 Å². The molecule has 0 aliphatic carbocycles. The van der Waals surface area contributed by atoms with Crippen LogP contribution in [0.1, 0.15) is 0 Å². The van der Waals surface area contributed by atoms with Crippen LogP contribution in [0, 0.1) is 5.82 Å². The van der Waals surface area contributed by atoms with Gasteiger partial charge in [-0.15, -0.1) is 12.6 Å². The summed E-state index contributed by atoms with van der Waals surface area (Å²) in [4.78, 5) is 0.396. The molecule has 0 aliphatic heterocycles. The number of thiol groups is 1. The second-order valence-corrected chi connectivity index (χ2v) is 4.91. The van der Waals surface area contributed by atoms with Crippen molar-refractivity contribution in [1.29, 1.82) is 0 Å². The van der Waals surface area contributed by atoms with Crippen LogP contribution < -0.4 is 0 Å². The number of hydrogen-bond acceptors (Lipinski definition) is 1. The predicted molar refractivity (Wildman–Crippen MR) is 92.6 cm³/mol. The Balaban J connectivity index is 0.000000208. The lowest BCUT2D eigenvalue weighted by molar-refractivity contribution is 0.00819. The van der Waals surface area contributed by atoms with Gasteiger partial charge < -0.3 is 0 Å². The second-order valence-electron chi connectivity index (χ2n) is 4.43. The van der Waals surface area contributed by atoms with E-state index >= 15 is 0 Å². The minimum absolute atomic E-state index is 0.268. The zero-order valence-electron chi connectivity index (χ0n) is 12.6. The Bertz CT molecular complexity index is 627. The Morgan fingerprint density at radius 3 is 1.21 bits per heavy atom. The molecule has 0 atom stereocenters. The molecular formula is C19H16F4S. The monoisotopic (exact) mass is 352 g/mol. The average Bonchev–Trinajstić information content (AvgIpc) is 2.59. The van der Waals surface area contributed by atoms with Gasteiger partial charge in [0.25, 0.3) is 0 Å². The molecule has 3 rings (SSSR count). The fraction of sp³-hybridized carbons (Fsp3) is 0.0526. The van der Waals surface area contributed by atoms with Gasteiger partial charge in [-0.2, -0.15) is 13.2 Å². The van der Waals surface area contributed by atoms with E-state index in [1.165, 1.54) is 17.2 Å². The van der Waals surface area contributed by atoms with Crippen LogP contribution in [0.4, 0.5) is 17.6 Å². The number of hydrogen-bond donors (Lipinski definition) is 1. The Morgan fingerprint density at radius 1 is 0.583 bits per heavy atom. The molecule has 126 valence electrons. The van der Waals surface area contributed by atoms with Gasteiger partial charge >= 0.3 is 6.68 Å². The van der Waals surface area contributed by atoms with Crippen molar-refractivity contribution in [3.63, 3.8) is 0 Å². The molecule has 0 saturated carbocycles. The third-order valence-corrected chi connectivity index (χ3v) is 3.10. The summed E-state index contributed by atoms with van der Waals surface area (Å²) < 4.78 is 41.2. The summed E-state index contributed by atoms with van der Waals surface area (Å²) >= 11 is 3.82. The number of rotatable bonds is 1. The van der Waals surface area contributed by atoms with Crippen LogP contribution in [0.3, 0.4) is 0 Å². The summed E-state index contributed by atoms with van der Waals surface area (Å²) in [7, 11) is 0. The lowest BCUT2D eigenvalue weighted by Gasteiger charge is -1.98. The molecule has 0 aromatic heterocycles. The Morgan fingerprint density at radius 2 is 0.917 bits per heavy atom. The summed E-state index contributed by atoms with van der Waals surface area (Å²) in [6.45, 7) is -3.67. The van der Waals surface area contributed by atoms with Crippen molar-refractivity contribution in [3.8, 4) is 11.1 Å². The topological polar surface area (TPSA) is 0 Å². The van der Waals surface area contributed by atoms with Crippen LogP contribution in [0.15, 0.2) is 89.8 Å². The molecule has 0 spiro atoms. The first-order chi connectivity index (χ1) is 11.5. The van der Waals surface area contributed by atoms with E-state index in [1.54, 1.807) is 18.2 Å². The molecule has 0 amide bonds. The predicted octanol–water partition coefficient (Wildman–Crippen LogP) is 6.65. The zero-order valence-corrected chi connectivity index (χ0v) is 13.5. The molecule has 0 unspecified atom stereocenters. The van der Waals surface area contributed by atoms with Gasteiger partial charge in [-0.25, -0.2) is 4.39 Å². The third kappa shape index (κ3) is 8.39. The van der Waals surface area contributed by atoms with Crippen LogP contribution in [0.5, 0.6) is 0 Å². The quantitative estimate of drug-likeness (QED) is 0.368. The van der Waals surface area contributed by atoms with Crippen molar-refractivity contribution in [2.75, 3.05) is 0 Å². The van der Waals surface area contributed by atoms with Crippen molar-refractivity contribution in [2.24, 2.45) is 0 Å². The molecule has 3 aromatic rings. The Hall–Kier alpha value is -2.27. The van der Waals surface area contributed by atoms with Crippen LogP contribution in [-0.4, -0.2) is 6.68 Å². The molecule has 3 aromatic carbocycles. The van der Waals surface area contributed by atoms with E-state index in [-0.39, 0.29) is 5.82 Å². The third-order valence-electron chi connectivity index (χ3n) is 2.73. The lowest BCUT2D eigenvalue weighted by Crippen LogP contribution is -1.73. The molecule has 0 aliphatic rings. The van der Waals surface area contributed by atoms with Crippen LogP contribution in [0.25, 0.3) is 11.1 Å². The highest BCUT2D eigenvalue weighted by atomic mass is 32.1. The molecule has 0 bridgehead atoms. The normalized spacial score (nSPS) is 9.42. The zero-order chi connectivity index (χ0) is 17.8. The first-order valence-corrected chi connectivity index (χ1v) is 7.41. The van der Waals surface area contributed by atoms with Crippen molar-refractivity contribution in [3.05, 3.63) is 90.7 Å². The number of halogens is 4. The van der Waals surface area contributed by atoms with Gasteiger partial charge in [-0.1, -0.05) is 72.8 Å². The number of alkyl halides is 3. The molecule has 5 heteroatoms. The summed E-state index contributed by atoms with van der Waals surface area (Å²) in [5, 5.41) is 0. The first kappa shape index (κ1) is 19.8. The van der Waals surface area contributed by atoms with Crippen molar-refractivity contribution >= 4 is 12.6 Å². The Kier molecular flexibility index (Phi) is 9.31. The highest BCUT2D eigenvalue weighted by Crippen LogP contribution is 2.17. The summed E-state index contributed by atoms with van der Waals surface area (Å²) in [6.07, 6.45) is 0. The van der Waals surface area contributed by atoms with Gasteiger partial charge in [0, 0.05) is 4.90 Å². The smallest absolute Gasteiger partial charge is 0.206 e. The van der Waals surface area contributed by atoms with Crippen LogP contribution in [0.2, 0.25) is 0 Å². The maximum atomic E-state index is 12.2. The fourth-order valence-corrected chi connectivity index (χ4v) is 1.87. The maximum absolute atomic E-state index is 12.2. The van der Waals surface area contributed by atoms with Gasteiger partial charge in [0.05, 0.1) is 0 Å². The van der Waals surface area contributed by atoms with Crippen LogP contribution in [-0.2, 0) is 0 Å². The molecule has 0 nitrogen and oxygen atoms in total. The second kappa shape index (κ2) is 11.3. The van der Waals surface area contributed by atoms with E-state index in [0.717, 1.165) is 0 Å². The van der Waals surface area contributed by atoms with Crippen LogP contribution >= 0.6 is 12.6 Å².